The largest absolute Gasteiger partial charge is 0.352 e. The van der Waals surface area contributed by atoms with Gasteiger partial charge in [-0.25, -0.2) is 0 Å². The molecule has 1 unspecified atom stereocenters. The standard InChI is InChI=1S/C11H16N2OS.ClH/c14-11(6-10-2-1-4-12-10)13-7-9-3-5-15-8-9;/h3,5,8,10,12H,1-2,4,6-7H2,(H,13,14);1H. The zero-order valence-electron chi connectivity index (χ0n) is 9.07. The number of halogens is 1. The molecule has 2 N–H and O–H groups in total. The number of carbonyl (C=O) groups excluding carboxylic acids is 1. The van der Waals surface area contributed by atoms with Crippen molar-refractivity contribution in [3.8, 4) is 0 Å². The van der Waals surface area contributed by atoms with Crippen LogP contribution >= 0.6 is 23.7 Å². The Labute approximate surface area is 106 Å². The van der Waals surface area contributed by atoms with Gasteiger partial charge in [-0.3, -0.25) is 4.79 Å². The van der Waals surface area contributed by atoms with E-state index in [1.165, 1.54) is 12.0 Å². The van der Waals surface area contributed by atoms with Gasteiger partial charge in [-0.05, 0) is 41.8 Å². The van der Waals surface area contributed by atoms with Crippen LogP contribution in [0.3, 0.4) is 0 Å². The van der Waals surface area contributed by atoms with Crippen LogP contribution < -0.4 is 10.6 Å². The lowest BCUT2D eigenvalue weighted by Gasteiger charge is -2.09. The first-order valence-electron chi connectivity index (χ1n) is 5.36. The van der Waals surface area contributed by atoms with E-state index in [0.717, 1.165) is 13.0 Å². The lowest BCUT2D eigenvalue weighted by Crippen LogP contribution is -2.31. The summed E-state index contributed by atoms with van der Waals surface area (Å²) < 4.78 is 0. The second-order valence-electron chi connectivity index (χ2n) is 3.91. The fraction of sp³-hybridized carbons (Fsp3) is 0.545. The number of rotatable bonds is 4. The van der Waals surface area contributed by atoms with Crippen LogP contribution in [0.1, 0.15) is 24.8 Å². The summed E-state index contributed by atoms with van der Waals surface area (Å²) >= 11 is 1.66. The van der Waals surface area contributed by atoms with E-state index in [-0.39, 0.29) is 18.3 Å². The molecule has 1 amide bonds. The van der Waals surface area contributed by atoms with E-state index < -0.39 is 0 Å². The molecule has 90 valence electrons. The van der Waals surface area contributed by atoms with Gasteiger partial charge in [-0.2, -0.15) is 11.3 Å². The van der Waals surface area contributed by atoms with E-state index in [0.29, 0.717) is 19.0 Å². The van der Waals surface area contributed by atoms with Gasteiger partial charge >= 0.3 is 0 Å². The molecule has 2 rings (SSSR count). The van der Waals surface area contributed by atoms with Gasteiger partial charge in [0.15, 0.2) is 0 Å². The Hall–Kier alpha value is -0.580. The molecule has 1 atom stereocenters. The quantitative estimate of drug-likeness (QED) is 0.869. The van der Waals surface area contributed by atoms with Crippen molar-refractivity contribution in [2.75, 3.05) is 6.54 Å². The van der Waals surface area contributed by atoms with Crippen LogP contribution in [0, 0.1) is 0 Å². The molecule has 1 aliphatic rings. The summed E-state index contributed by atoms with van der Waals surface area (Å²) in [5, 5.41) is 10.4. The van der Waals surface area contributed by atoms with Crippen molar-refractivity contribution in [1.29, 1.82) is 0 Å². The summed E-state index contributed by atoms with van der Waals surface area (Å²) in [4.78, 5) is 11.5. The SMILES string of the molecule is Cl.O=C(CC1CCCN1)NCc1ccsc1. The molecule has 1 saturated heterocycles. The highest BCUT2D eigenvalue weighted by Gasteiger charge is 2.17. The molecule has 0 aromatic carbocycles. The second kappa shape index (κ2) is 6.89. The Morgan fingerprint density at radius 2 is 2.50 bits per heavy atom. The highest BCUT2D eigenvalue weighted by atomic mass is 35.5. The van der Waals surface area contributed by atoms with Gasteiger partial charge in [-0.15, -0.1) is 12.4 Å². The minimum atomic E-state index is 0. The smallest absolute Gasteiger partial charge is 0.221 e. The normalized spacial score (nSPS) is 19.1. The van der Waals surface area contributed by atoms with Gasteiger partial charge in [0.2, 0.25) is 5.91 Å². The van der Waals surface area contributed by atoms with Crippen molar-refractivity contribution in [3.63, 3.8) is 0 Å². The van der Waals surface area contributed by atoms with Crippen LogP contribution in [-0.4, -0.2) is 18.5 Å². The molecule has 1 aliphatic heterocycles. The van der Waals surface area contributed by atoms with Crippen molar-refractivity contribution in [2.45, 2.75) is 31.8 Å². The third-order valence-corrected chi connectivity index (χ3v) is 3.40. The topological polar surface area (TPSA) is 41.1 Å². The maximum Gasteiger partial charge on any atom is 0.221 e. The first kappa shape index (κ1) is 13.5. The Kier molecular flexibility index (Phi) is 5.80. The first-order chi connectivity index (χ1) is 7.34. The third-order valence-electron chi connectivity index (χ3n) is 2.66. The van der Waals surface area contributed by atoms with E-state index in [2.05, 4.69) is 16.0 Å². The zero-order valence-corrected chi connectivity index (χ0v) is 10.7. The van der Waals surface area contributed by atoms with Crippen molar-refractivity contribution in [2.24, 2.45) is 0 Å². The van der Waals surface area contributed by atoms with Gasteiger partial charge in [-0.1, -0.05) is 0 Å². The van der Waals surface area contributed by atoms with Crippen LogP contribution in [-0.2, 0) is 11.3 Å². The first-order valence-corrected chi connectivity index (χ1v) is 6.30. The van der Waals surface area contributed by atoms with E-state index in [4.69, 9.17) is 0 Å². The molecule has 3 nitrogen and oxygen atoms in total. The van der Waals surface area contributed by atoms with E-state index >= 15 is 0 Å². The highest BCUT2D eigenvalue weighted by molar-refractivity contribution is 7.07. The number of amides is 1. The molecule has 1 aromatic rings. The molecule has 1 fully saturated rings. The number of carbonyl (C=O) groups is 1. The monoisotopic (exact) mass is 260 g/mol. The van der Waals surface area contributed by atoms with E-state index in [1.54, 1.807) is 11.3 Å². The zero-order chi connectivity index (χ0) is 10.5. The molecule has 5 heteroatoms. The third kappa shape index (κ3) is 4.12. The Balaban J connectivity index is 0.00000128. The molecular formula is C11H17ClN2OS. The molecular weight excluding hydrogens is 244 g/mol. The van der Waals surface area contributed by atoms with Gasteiger partial charge in [0.05, 0.1) is 0 Å². The predicted molar refractivity (Wildman–Crippen MR) is 69.1 cm³/mol. The van der Waals surface area contributed by atoms with Gasteiger partial charge < -0.3 is 10.6 Å². The maximum absolute atomic E-state index is 11.5. The predicted octanol–water partition coefficient (Wildman–Crippen LogP) is 1.93. The lowest BCUT2D eigenvalue weighted by molar-refractivity contribution is -0.121. The van der Waals surface area contributed by atoms with Crippen molar-refractivity contribution < 1.29 is 4.79 Å². The van der Waals surface area contributed by atoms with Crippen molar-refractivity contribution in [1.82, 2.24) is 10.6 Å². The summed E-state index contributed by atoms with van der Waals surface area (Å²) in [6.07, 6.45) is 2.94. The van der Waals surface area contributed by atoms with E-state index in [9.17, 15) is 4.79 Å². The Morgan fingerprint density at radius 1 is 1.62 bits per heavy atom. The van der Waals surface area contributed by atoms with Crippen LogP contribution in [0.25, 0.3) is 0 Å². The van der Waals surface area contributed by atoms with Gasteiger partial charge in [0.1, 0.15) is 0 Å². The number of nitrogens with one attached hydrogen (secondary N) is 2. The molecule has 2 heterocycles. The maximum atomic E-state index is 11.5. The minimum absolute atomic E-state index is 0. The van der Waals surface area contributed by atoms with Crippen LogP contribution in [0.4, 0.5) is 0 Å². The number of thiophene rings is 1. The average molecular weight is 261 g/mol. The average Bonchev–Trinajstić information content (AvgIpc) is 2.86. The van der Waals surface area contributed by atoms with E-state index in [1.807, 2.05) is 11.4 Å². The van der Waals surface area contributed by atoms with Crippen molar-refractivity contribution >= 4 is 29.7 Å². The summed E-state index contributed by atoms with van der Waals surface area (Å²) in [6.45, 7) is 1.72. The lowest BCUT2D eigenvalue weighted by atomic mass is 10.1. The minimum Gasteiger partial charge on any atom is -0.352 e. The number of hydrogen-bond acceptors (Lipinski definition) is 3. The van der Waals surface area contributed by atoms with Gasteiger partial charge in [0, 0.05) is 19.0 Å². The van der Waals surface area contributed by atoms with Crippen molar-refractivity contribution in [3.05, 3.63) is 22.4 Å². The molecule has 1 aromatic heterocycles. The number of hydrogen-bond donors (Lipinski definition) is 2. The Bertz CT molecular complexity index is 310. The molecule has 0 radical (unpaired) electrons. The highest BCUT2D eigenvalue weighted by Crippen LogP contribution is 2.09. The Morgan fingerprint density at radius 3 is 3.12 bits per heavy atom. The second-order valence-corrected chi connectivity index (χ2v) is 4.69. The summed E-state index contributed by atoms with van der Waals surface area (Å²) in [6, 6.07) is 2.44. The molecule has 0 aliphatic carbocycles. The molecule has 0 bridgehead atoms. The fourth-order valence-electron chi connectivity index (χ4n) is 1.82. The van der Waals surface area contributed by atoms with Crippen LogP contribution in [0.2, 0.25) is 0 Å². The van der Waals surface area contributed by atoms with Crippen LogP contribution in [0.5, 0.6) is 0 Å². The summed E-state index contributed by atoms with van der Waals surface area (Å²) in [7, 11) is 0. The summed E-state index contributed by atoms with van der Waals surface area (Å²) in [5.41, 5.74) is 1.19. The van der Waals surface area contributed by atoms with Gasteiger partial charge in [0.25, 0.3) is 0 Å². The molecule has 0 saturated carbocycles. The molecule has 0 spiro atoms. The fourth-order valence-corrected chi connectivity index (χ4v) is 2.49. The van der Waals surface area contributed by atoms with Crippen LogP contribution in [0.15, 0.2) is 16.8 Å². The molecule has 16 heavy (non-hydrogen) atoms. The summed E-state index contributed by atoms with van der Waals surface area (Å²) in [5.74, 6) is 0.153.